The number of hydrogen-bond acceptors (Lipinski definition) is 3. The molecule has 3 heteroatoms. The summed E-state index contributed by atoms with van der Waals surface area (Å²) in [6.45, 7) is 1.10. The minimum absolute atomic E-state index is 0.218. The quantitative estimate of drug-likeness (QED) is 0.781. The van der Waals surface area contributed by atoms with Crippen LogP contribution in [0.5, 0.6) is 0 Å². The van der Waals surface area contributed by atoms with Crippen molar-refractivity contribution >= 4 is 5.78 Å². The zero-order chi connectivity index (χ0) is 12.8. The van der Waals surface area contributed by atoms with Gasteiger partial charge in [-0.3, -0.25) is 9.69 Å². The van der Waals surface area contributed by atoms with E-state index in [0.29, 0.717) is 19.5 Å². The van der Waals surface area contributed by atoms with Crippen molar-refractivity contribution in [1.82, 2.24) is 4.90 Å². The fourth-order valence-electron chi connectivity index (χ4n) is 1.90. The standard InChI is InChI=1S/C15H17NO2/c1-16(12-15-8-5-9-18-15)11-14(17)10-13-6-3-2-4-7-13/h2-9H,10-12H2,1H3. The maximum absolute atomic E-state index is 11.9. The summed E-state index contributed by atoms with van der Waals surface area (Å²) >= 11 is 0. The van der Waals surface area contributed by atoms with Crippen LogP contribution in [0.25, 0.3) is 0 Å². The molecule has 2 rings (SSSR count). The molecule has 0 aliphatic carbocycles. The van der Waals surface area contributed by atoms with E-state index in [2.05, 4.69) is 0 Å². The van der Waals surface area contributed by atoms with E-state index in [4.69, 9.17) is 4.42 Å². The summed E-state index contributed by atoms with van der Waals surface area (Å²) in [5.74, 6) is 1.10. The van der Waals surface area contributed by atoms with E-state index in [1.54, 1.807) is 6.26 Å². The molecule has 94 valence electrons. The fraction of sp³-hybridized carbons (Fsp3) is 0.267. The second-order valence-electron chi connectivity index (χ2n) is 4.45. The number of ketones is 1. The molecule has 0 aliphatic heterocycles. The van der Waals surface area contributed by atoms with Crippen LogP contribution in [0.4, 0.5) is 0 Å². The monoisotopic (exact) mass is 243 g/mol. The smallest absolute Gasteiger partial charge is 0.151 e. The Morgan fingerprint density at radius 2 is 1.94 bits per heavy atom. The number of hydrogen-bond donors (Lipinski definition) is 0. The number of rotatable bonds is 6. The van der Waals surface area contributed by atoms with Gasteiger partial charge in [-0.1, -0.05) is 30.3 Å². The summed E-state index contributed by atoms with van der Waals surface area (Å²) in [6.07, 6.45) is 2.14. The first-order valence-electron chi connectivity index (χ1n) is 6.00. The number of carbonyl (C=O) groups is 1. The van der Waals surface area contributed by atoms with Crippen molar-refractivity contribution in [1.29, 1.82) is 0 Å². The first-order chi connectivity index (χ1) is 8.74. The third-order valence-electron chi connectivity index (χ3n) is 2.70. The predicted molar refractivity (Wildman–Crippen MR) is 70.2 cm³/mol. The average molecular weight is 243 g/mol. The van der Waals surface area contributed by atoms with Crippen molar-refractivity contribution in [2.45, 2.75) is 13.0 Å². The second-order valence-corrected chi connectivity index (χ2v) is 4.45. The van der Waals surface area contributed by atoms with E-state index in [-0.39, 0.29) is 5.78 Å². The molecule has 18 heavy (non-hydrogen) atoms. The van der Waals surface area contributed by atoms with E-state index in [9.17, 15) is 4.79 Å². The van der Waals surface area contributed by atoms with Crippen molar-refractivity contribution in [3.63, 3.8) is 0 Å². The van der Waals surface area contributed by atoms with Crippen molar-refractivity contribution in [2.75, 3.05) is 13.6 Å². The molecule has 1 aromatic carbocycles. The van der Waals surface area contributed by atoms with Crippen LogP contribution in [-0.4, -0.2) is 24.3 Å². The van der Waals surface area contributed by atoms with Gasteiger partial charge in [0.1, 0.15) is 5.76 Å². The topological polar surface area (TPSA) is 33.5 Å². The molecule has 0 fully saturated rings. The van der Waals surface area contributed by atoms with Gasteiger partial charge in [-0.05, 0) is 24.7 Å². The highest BCUT2D eigenvalue weighted by Gasteiger charge is 2.09. The predicted octanol–water partition coefficient (Wildman–Crippen LogP) is 2.52. The molecule has 0 aliphatic rings. The van der Waals surface area contributed by atoms with Gasteiger partial charge in [-0.15, -0.1) is 0 Å². The Morgan fingerprint density at radius 1 is 1.17 bits per heavy atom. The van der Waals surface area contributed by atoms with E-state index in [1.807, 2.05) is 54.4 Å². The van der Waals surface area contributed by atoms with Crippen molar-refractivity contribution in [3.05, 3.63) is 60.1 Å². The van der Waals surface area contributed by atoms with Crippen molar-refractivity contribution in [3.8, 4) is 0 Å². The van der Waals surface area contributed by atoms with E-state index in [0.717, 1.165) is 11.3 Å². The molecule has 0 spiro atoms. The number of carbonyl (C=O) groups excluding carboxylic acids is 1. The molecule has 0 saturated heterocycles. The van der Waals surface area contributed by atoms with Crippen LogP contribution in [0.2, 0.25) is 0 Å². The molecule has 0 saturated carbocycles. The molecule has 0 radical (unpaired) electrons. The number of likely N-dealkylation sites (N-methyl/N-ethyl adjacent to an activating group) is 1. The highest BCUT2D eigenvalue weighted by molar-refractivity contribution is 5.82. The lowest BCUT2D eigenvalue weighted by Gasteiger charge is -2.13. The molecule has 0 bridgehead atoms. The van der Waals surface area contributed by atoms with Crippen molar-refractivity contribution < 1.29 is 9.21 Å². The lowest BCUT2D eigenvalue weighted by atomic mass is 10.1. The lowest BCUT2D eigenvalue weighted by molar-refractivity contribution is -0.119. The Hall–Kier alpha value is -1.87. The molecular formula is C15H17NO2. The number of furan rings is 1. The third-order valence-corrected chi connectivity index (χ3v) is 2.70. The SMILES string of the molecule is CN(CC(=O)Cc1ccccc1)Cc1ccco1. The van der Waals surface area contributed by atoms with Gasteiger partial charge in [0.2, 0.25) is 0 Å². The van der Waals surface area contributed by atoms with E-state index in [1.165, 1.54) is 0 Å². The van der Waals surface area contributed by atoms with Crippen LogP contribution < -0.4 is 0 Å². The molecule has 2 aromatic rings. The van der Waals surface area contributed by atoms with Crippen LogP contribution in [0.15, 0.2) is 53.1 Å². The van der Waals surface area contributed by atoms with Gasteiger partial charge >= 0.3 is 0 Å². The minimum atomic E-state index is 0.218. The Bertz CT molecular complexity index is 476. The Morgan fingerprint density at radius 3 is 2.61 bits per heavy atom. The maximum atomic E-state index is 11.9. The molecule has 0 amide bonds. The Kier molecular flexibility index (Phi) is 4.31. The van der Waals surface area contributed by atoms with Crippen LogP contribution in [0, 0.1) is 0 Å². The van der Waals surface area contributed by atoms with E-state index >= 15 is 0 Å². The number of Topliss-reactive ketones (excluding diaryl/α,β-unsaturated/α-hetero) is 1. The molecule has 0 unspecified atom stereocenters. The Labute approximate surface area is 107 Å². The van der Waals surface area contributed by atoms with Gasteiger partial charge in [-0.2, -0.15) is 0 Å². The fourth-order valence-corrected chi connectivity index (χ4v) is 1.90. The number of benzene rings is 1. The summed E-state index contributed by atoms with van der Waals surface area (Å²) in [5, 5.41) is 0. The third kappa shape index (κ3) is 3.86. The van der Waals surface area contributed by atoms with E-state index < -0.39 is 0 Å². The first-order valence-corrected chi connectivity index (χ1v) is 6.00. The number of nitrogens with zero attached hydrogens (tertiary/aromatic N) is 1. The summed E-state index contributed by atoms with van der Waals surface area (Å²) in [4.78, 5) is 13.8. The second kappa shape index (κ2) is 6.17. The summed E-state index contributed by atoms with van der Waals surface area (Å²) < 4.78 is 5.25. The van der Waals surface area contributed by atoms with Crippen LogP contribution >= 0.6 is 0 Å². The van der Waals surface area contributed by atoms with Gasteiger partial charge in [0.25, 0.3) is 0 Å². The molecule has 0 atom stereocenters. The Balaban J connectivity index is 1.80. The first kappa shape index (κ1) is 12.6. The van der Waals surface area contributed by atoms with Crippen LogP contribution in [0.3, 0.4) is 0 Å². The summed E-state index contributed by atoms with van der Waals surface area (Å²) in [5.41, 5.74) is 1.06. The van der Waals surface area contributed by atoms with Gasteiger partial charge in [0, 0.05) is 6.42 Å². The normalized spacial score (nSPS) is 10.8. The van der Waals surface area contributed by atoms with Gasteiger partial charge in [-0.25, -0.2) is 0 Å². The summed E-state index contributed by atoms with van der Waals surface area (Å²) in [7, 11) is 1.92. The molecule has 1 aromatic heterocycles. The zero-order valence-electron chi connectivity index (χ0n) is 10.5. The molecule has 3 nitrogen and oxygen atoms in total. The summed E-state index contributed by atoms with van der Waals surface area (Å²) in [6, 6.07) is 13.6. The van der Waals surface area contributed by atoms with Gasteiger partial charge in [0.05, 0.1) is 19.4 Å². The highest BCUT2D eigenvalue weighted by Crippen LogP contribution is 2.05. The zero-order valence-corrected chi connectivity index (χ0v) is 10.5. The highest BCUT2D eigenvalue weighted by atomic mass is 16.3. The maximum Gasteiger partial charge on any atom is 0.151 e. The largest absolute Gasteiger partial charge is 0.468 e. The molecule has 0 N–H and O–H groups in total. The molecule has 1 heterocycles. The minimum Gasteiger partial charge on any atom is -0.468 e. The lowest BCUT2D eigenvalue weighted by Crippen LogP contribution is -2.26. The molecular weight excluding hydrogens is 226 g/mol. The van der Waals surface area contributed by atoms with Gasteiger partial charge in [0.15, 0.2) is 5.78 Å². The van der Waals surface area contributed by atoms with Crippen molar-refractivity contribution in [2.24, 2.45) is 0 Å². The average Bonchev–Trinajstić information content (AvgIpc) is 2.82. The van der Waals surface area contributed by atoms with Crippen LogP contribution in [0.1, 0.15) is 11.3 Å². The van der Waals surface area contributed by atoms with Gasteiger partial charge < -0.3 is 4.42 Å². The van der Waals surface area contributed by atoms with Crippen LogP contribution in [-0.2, 0) is 17.8 Å².